The normalized spacial score (nSPS) is 15.9. The van der Waals surface area contributed by atoms with E-state index in [9.17, 15) is 8.42 Å². The Morgan fingerprint density at radius 2 is 2.06 bits per heavy atom. The quantitative estimate of drug-likeness (QED) is 0.791. The molecule has 1 saturated carbocycles. The van der Waals surface area contributed by atoms with E-state index in [0.717, 1.165) is 18.2 Å². The van der Waals surface area contributed by atoms with Gasteiger partial charge in [0, 0.05) is 20.6 Å². The van der Waals surface area contributed by atoms with Gasteiger partial charge in [-0.15, -0.1) is 0 Å². The van der Waals surface area contributed by atoms with Gasteiger partial charge in [0.05, 0.1) is 16.3 Å². The molecule has 1 fully saturated rings. The highest BCUT2D eigenvalue weighted by Gasteiger charge is 2.21. The van der Waals surface area contributed by atoms with Gasteiger partial charge in [-0.1, -0.05) is 0 Å². The third-order valence-corrected chi connectivity index (χ3v) is 4.89. The lowest BCUT2D eigenvalue weighted by molar-refractivity contribution is 0.521. The molecule has 6 heteroatoms. The third kappa shape index (κ3) is 2.76. The molecule has 1 aliphatic carbocycles. The minimum atomic E-state index is -3.41. The Balaban J connectivity index is 2.18. The average molecular weight is 269 g/mol. The summed E-state index contributed by atoms with van der Waals surface area (Å²) < 4.78 is 25.0. The zero-order valence-electron chi connectivity index (χ0n) is 10.7. The predicted molar refractivity (Wildman–Crippen MR) is 72.9 cm³/mol. The minimum absolute atomic E-state index is 0.224. The summed E-state index contributed by atoms with van der Waals surface area (Å²) in [5, 5.41) is 3.25. The molecule has 0 bridgehead atoms. The first-order valence-corrected chi connectivity index (χ1v) is 7.41. The van der Waals surface area contributed by atoms with Crippen molar-refractivity contribution in [3.63, 3.8) is 0 Å². The summed E-state index contributed by atoms with van der Waals surface area (Å²) >= 11 is 0. The SMILES string of the molecule is CN(C)S(=O)(=O)c1ccc(NCC2CC2)c(N)c1. The topological polar surface area (TPSA) is 75.4 Å². The van der Waals surface area contributed by atoms with Crippen LogP contribution in [0, 0.1) is 5.92 Å². The molecule has 0 heterocycles. The molecular formula is C12H19N3O2S. The summed E-state index contributed by atoms with van der Waals surface area (Å²) in [6, 6.07) is 4.82. The highest BCUT2D eigenvalue weighted by molar-refractivity contribution is 7.89. The average Bonchev–Trinajstić information content (AvgIpc) is 3.11. The van der Waals surface area contributed by atoms with Crippen molar-refractivity contribution in [2.75, 3.05) is 31.7 Å². The first kappa shape index (κ1) is 13.2. The number of nitrogen functional groups attached to an aromatic ring is 1. The van der Waals surface area contributed by atoms with E-state index < -0.39 is 10.0 Å². The highest BCUT2D eigenvalue weighted by atomic mass is 32.2. The standard InChI is InChI=1S/C12H19N3O2S/c1-15(2)18(16,17)10-5-6-12(11(13)7-10)14-8-9-3-4-9/h5-7,9,14H,3-4,8,13H2,1-2H3. The smallest absolute Gasteiger partial charge is 0.242 e. The molecule has 100 valence electrons. The number of benzene rings is 1. The van der Waals surface area contributed by atoms with E-state index in [-0.39, 0.29) is 4.90 Å². The highest BCUT2D eigenvalue weighted by Crippen LogP contribution is 2.30. The van der Waals surface area contributed by atoms with Crippen molar-refractivity contribution in [3.8, 4) is 0 Å². The van der Waals surface area contributed by atoms with Gasteiger partial charge < -0.3 is 11.1 Å². The molecule has 18 heavy (non-hydrogen) atoms. The van der Waals surface area contributed by atoms with Crippen molar-refractivity contribution < 1.29 is 8.42 Å². The number of anilines is 2. The zero-order chi connectivity index (χ0) is 13.3. The van der Waals surface area contributed by atoms with Crippen molar-refractivity contribution in [1.82, 2.24) is 4.31 Å². The van der Waals surface area contributed by atoms with Gasteiger partial charge in [-0.25, -0.2) is 12.7 Å². The fraction of sp³-hybridized carbons (Fsp3) is 0.500. The van der Waals surface area contributed by atoms with E-state index in [1.807, 2.05) is 0 Å². The number of rotatable bonds is 5. The molecule has 0 aromatic heterocycles. The summed E-state index contributed by atoms with van der Waals surface area (Å²) in [5.41, 5.74) is 7.16. The summed E-state index contributed by atoms with van der Waals surface area (Å²) in [7, 11) is -0.400. The maximum atomic E-state index is 11.9. The van der Waals surface area contributed by atoms with Crippen LogP contribution in [0.25, 0.3) is 0 Å². The Labute approximate surface area is 108 Å². The van der Waals surface area contributed by atoms with Gasteiger partial charge in [-0.3, -0.25) is 0 Å². The number of hydrogen-bond donors (Lipinski definition) is 2. The van der Waals surface area contributed by atoms with Gasteiger partial charge in [-0.2, -0.15) is 0 Å². The molecule has 5 nitrogen and oxygen atoms in total. The van der Waals surface area contributed by atoms with Crippen LogP contribution in [0.2, 0.25) is 0 Å². The van der Waals surface area contributed by atoms with Crippen LogP contribution in [-0.4, -0.2) is 33.4 Å². The fourth-order valence-corrected chi connectivity index (χ4v) is 2.59. The second-order valence-electron chi connectivity index (χ2n) is 4.86. The fourth-order valence-electron chi connectivity index (χ4n) is 1.65. The Kier molecular flexibility index (Phi) is 3.49. The summed E-state index contributed by atoms with van der Waals surface area (Å²) in [5.74, 6) is 0.745. The lowest BCUT2D eigenvalue weighted by Gasteiger charge is -2.14. The summed E-state index contributed by atoms with van der Waals surface area (Å²) in [6.07, 6.45) is 2.53. The molecule has 0 unspecified atom stereocenters. The van der Waals surface area contributed by atoms with Crippen LogP contribution < -0.4 is 11.1 Å². The van der Waals surface area contributed by atoms with Crippen LogP contribution >= 0.6 is 0 Å². The first-order valence-electron chi connectivity index (χ1n) is 5.97. The van der Waals surface area contributed by atoms with Crippen molar-refractivity contribution in [1.29, 1.82) is 0 Å². The molecule has 0 aliphatic heterocycles. The van der Waals surface area contributed by atoms with E-state index in [0.29, 0.717) is 5.69 Å². The van der Waals surface area contributed by atoms with E-state index in [4.69, 9.17) is 5.73 Å². The largest absolute Gasteiger partial charge is 0.397 e. The van der Waals surface area contributed by atoms with Crippen molar-refractivity contribution in [3.05, 3.63) is 18.2 Å². The summed E-state index contributed by atoms with van der Waals surface area (Å²) in [4.78, 5) is 0.224. The molecule has 1 aliphatic rings. The van der Waals surface area contributed by atoms with Gasteiger partial charge in [0.1, 0.15) is 0 Å². The van der Waals surface area contributed by atoms with Crippen molar-refractivity contribution in [2.24, 2.45) is 5.92 Å². The predicted octanol–water partition coefficient (Wildman–Crippen LogP) is 1.34. The van der Waals surface area contributed by atoms with Crippen LogP contribution in [0.5, 0.6) is 0 Å². The Morgan fingerprint density at radius 1 is 1.39 bits per heavy atom. The number of sulfonamides is 1. The third-order valence-electron chi connectivity index (χ3n) is 3.08. The monoisotopic (exact) mass is 269 g/mol. The number of nitrogens with two attached hydrogens (primary N) is 1. The van der Waals surface area contributed by atoms with E-state index in [2.05, 4.69) is 5.32 Å². The van der Waals surface area contributed by atoms with Gasteiger partial charge in [0.25, 0.3) is 0 Å². The van der Waals surface area contributed by atoms with Gasteiger partial charge in [-0.05, 0) is 37.0 Å². The lowest BCUT2D eigenvalue weighted by atomic mass is 10.2. The number of hydrogen-bond acceptors (Lipinski definition) is 4. The van der Waals surface area contributed by atoms with Crippen LogP contribution in [0.15, 0.2) is 23.1 Å². The van der Waals surface area contributed by atoms with E-state index in [1.165, 1.54) is 37.3 Å². The number of nitrogens with zero attached hydrogens (tertiary/aromatic N) is 1. The molecule has 1 aromatic carbocycles. The molecule has 3 N–H and O–H groups in total. The van der Waals surface area contributed by atoms with E-state index >= 15 is 0 Å². The maximum Gasteiger partial charge on any atom is 0.242 e. The molecular weight excluding hydrogens is 250 g/mol. The lowest BCUT2D eigenvalue weighted by Crippen LogP contribution is -2.22. The van der Waals surface area contributed by atoms with Crippen LogP contribution in [0.3, 0.4) is 0 Å². The molecule has 2 rings (SSSR count). The second-order valence-corrected chi connectivity index (χ2v) is 7.01. The Hall–Kier alpha value is -1.27. The summed E-state index contributed by atoms with van der Waals surface area (Å²) in [6.45, 7) is 0.907. The van der Waals surface area contributed by atoms with Gasteiger partial charge in [0.15, 0.2) is 0 Å². The van der Waals surface area contributed by atoms with Crippen LogP contribution in [0.4, 0.5) is 11.4 Å². The Bertz CT molecular complexity index is 536. The molecule has 0 radical (unpaired) electrons. The molecule has 1 aromatic rings. The zero-order valence-corrected chi connectivity index (χ0v) is 11.5. The second kappa shape index (κ2) is 4.78. The molecule has 0 saturated heterocycles. The van der Waals surface area contributed by atoms with Crippen LogP contribution in [0.1, 0.15) is 12.8 Å². The van der Waals surface area contributed by atoms with Gasteiger partial charge in [0.2, 0.25) is 10.0 Å². The van der Waals surface area contributed by atoms with Crippen molar-refractivity contribution >= 4 is 21.4 Å². The van der Waals surface area contributed by atoms with Gasteiger partial charge >= 0.3 is 0 Å². The van der Waals surface area contributed by atoms with E-state index in [1.54, 1.807) is 12.1 Å². The Morgan fingerprint density at radius 3 is 2.56 bits per heavy atom. The van der Waals surface area contributed by atoms with Crippen molar-refractivity contribution in [2.45, 2.75) is 17.7 Å². The van der Waals surface area contributed by atoms with Crippen LogP contribution in [-0.2, 0) is 10.0 Å². The first-order chi connectivity index (χ1) is 8.41. The maximum absolute atomic E-state index is 11.9. The minimum Gasteiger partial charge on any atom is -0.397 e. The molecule has 0 atom stereocenters. The number of nitrogens with one attached hydrogen (secondary N) is 1. The molecule has 0 amide bonds. The molecule has 0 spiro atoms.